The zero-order valence-corrected chi connectivity index (χ0v) is 11.6. The molecule has 5 heteroatoms. The maximum atomic E-state index is 11.6. The van der Waals surface area contributed by atoms with Crippen LogP contribution in [0.2, 0.25) is 0 Å². The van der Waals surface area contributed by atoms with E-state index in [-0.39, 0.29) is 13.2 Å². The lowest BCUT2D eigenvalue weighted by molar-refractivity contribution is -0.136. The fourth-order valence-corrected chi connectivity index (χ4v) is 1.31. The summed E-state index contributed by atoms with van der Waals surface area (Å²) in [5.41, 5.74) is 0.452. The summed E-state index contributed by atoms with van der Waals surface area (Å²) in [5, 5.41) is 9.44. The van der Waals surface area contributed by atoms with Crippen LogP contribution >= 0.6 is 0 Å². The first-order valence-corrected chi connectivity index (χ1v) is 6.38. The van der Waals surface area contributed by atoms with E-state index in [0.717, 1.165) is 0 Å². The van der Waals surface area contributed by atoms with Gasteiger partial charge in [-0.1, -0.05) is 24.1 Å². The van der Waals surface area contributed by atoms with Gasteiger partial charge in [0.2, 0.25) is 0 Å². The Hall–Kier alpha value is -2.58. The van der Waals surface area contributed by atoms with Crippen molar-refractivity contribution in [3.05, 3.63) is 48.0 Å². The summed E-state index contributed by atoms with van der Waals surface area (Å²) in [7, 11) is 0. The number of hydrogen-bond acceptors (Lipinski definition) is 5. The first kappa shape index (κ1) is 16.5. The van der Waals surface area contributed by atoms with Crippen LogP contribution in [0.4, 0.5) is 0 Å². The summed E-state index contributed by atoms with van der Waals surface area (Å²) in [6, 6.07) is 8.56. The van der Waals surface area contributed by atoms with Crippen molar-refractivity contribution in [1.29, 1.82) is 0 Å². The normalized spacial score (nSPS) is 11.3. The Balaban J connectivity index is 2.34. The number of aliphatic hydroxyl groups excluding tert-OH is 1. The Labute approximate surface area is 123 Å². The van der Waals surface area contributed by atoms with E-state index in [2.05, 4.69) is 16.6 Å². The third-order valence-corrected chi connectivity index (χ3v) is 2.24. The van der Waals surface area contributed by atoms with Crippen molar-refractivity contribution < 1.29 is 24.2 Å². The highest BCUT2D eigenvalue weighted by Gasteiger charge is 2.04. The van der Waals surface area contributed by atoms with Crippen LogP contribution in [-0.2, 0) is 14.3 Å². The standard InChI is InChI=1S/C16H16O5/c1-2-20-15(18)11-10-14(17)9-6-12-21-16(19)13-7-4-3-5-8-13/h3-9,14,17H,2,12H2,1H3/b9-6+. The molecule has 0 spiro atoms. The molecule has 1 aromatic rings. The molecule has 0 aliphatic heterocycles. The molecule has 0 saturated carbocycles. The highest BCUT2D eigenvalue weighted by Crippen LogP contribution is 2.00. The van der Waals surface area contributed by atoms with Crippen LogP contribution in [0.3, 0.4) is 0 Å². The Morgan fingerprint density at radius 2 is 2.00 bits per heavy atom. The minimum Gasteiger partial charge on any atom is -0.458 e. The third kappa shape index (κ3) is 6.95. The van der Waals surface area contributed by atoms with Gasteiger partial charge in [-0.05, 0) is 31.2 Å². The SMILES string of the molecule is CCOC(=O)C#CC(O)/C=C/COC(=O)c1ccccc1. The highest BCUT2D eigenvalue weighted by atomic mass is 16.5. The molecular formula is C16H16O5. The number of carbonyl (C=O) groups excluding carboxylic acids is 2. The number of hydrogen-bond donors (Lipinski definition) is 1. The number of esters is 2. The van der Waals surface area contributed by atoms with Gasteiger partial charge in [0, 0.05) is 5.92 Å². The second-order valence-corrected chi connectivity index (χ2v) is 3.83. The lowest BCUT2D eigenvalue weighted by Crippen LogP contribution is -2.06. The summed E-state index contributed by atoms with van der Waals surface area (Å²) >= 11 is 0. The van der Waals surface area contributed by atoms with Gasteiger partial charge in [-0.3, -0.25) is 0 Å². The van der Waals surface area contributed by atoms with Crippen molar-refractivity contribution in [3.63, 3.8) is 0 Å². The number of rotatable bonds is 5. The molecule has 21 heavy (non-hydrogen) atoms. The molecule has 0 radical (unpaired) electrons. The fraction of sp³-hybridized carbons (Fsp3) is 0.250. The summed E-state index contributed by atoms with van der Waals surface area (Å²) in [6.07, 6.45) is 1.65. The van der Waals surface area contributed by atoms with E-state index in [0.29, 0.717) is 5.56 Å². The van der Waals surface area contributed by atoms with Crippen LogP contribution in [0.5, 0.6) is 0 Å². The molecule has 1 N–H and O–H groups in total. The van der Waals surface area contributed by atoms with Gasteiger partial charge in [-0.25, -0.2) is 9.59 Å². The first-order chi connectivity index (χ1) is 10.1. The number of ether oxygens (including phenoxy) is 2. The van der Waals surface area contributed by atoms with Gasteiger partial charge in [0.25, 0.3) is 0 Å². The van der Waals surface area contributed by atoms with Crippen molar-refractivity contribution >= 4 is 11.9 Å². The molecule has 1 rings (SSSR count). The molecule has 5 nitrogen and oxygen atoms in total. The predicted molar refractivity (Wildman–Crippen MR) is 76.3 cm³/mol. The summed E-state index contributed by atoms with van der Waals surface area (Å²) in [4.78, 5) is 22.5. The van der Waals surface area contributed by atoms with E-state index in [4.69, 9.17) is 4.74 Å². The lowest BCUT2D eigenvalue weighted by Gasteiger charge is -2.01. The second-order valence-electron chi connectivity index (χ2n) is 3.83. The average Bonchev–Trinajstić information content (AvgIpc) is 2.50. The molecule has 0 aromatic heterocycles. The van der Waals surface area contributed by atoms with Gasteiger partial charge in [0.1, 0.15) is 12.7 Å². The van der Waals surface area contributed by atoms with E-state index >= 15 is 0 Å². The summed E-state index contributed by atoms with van der Waals surface area (Å²) in [6.45, 7) is 1.90. The van der Waals surface area contributed by atoms with Gasteiger partial charge in [0.15, 0.2) is 0 Å². The zero-order chi connectivity index (χ0) is 15.5. The molecule has 1 atom stereocenters. The molecule has 110 valence electrons. The van der Waals surface area contributed by atoms with Crippen LogP contribution in [0, 0.1) is 11.8 Å². The van der Waals surface area contributed by atoms with Crippen molar-refractivity contribution in [2.75, 3.05) is 13.2 Å². The number of aliphatic hydroxyl groups is 1. The highest BCUT2D eigenvalue weighted by molar-refractivity contribution is 5.89. The number of benzene rings is 1. The molecule has 0 amide bonds. The van der Waals surface area contributed by atoms with Crippen molar-refractivity contribution in [2.45, 2.75) is 13.0 Å². The maximum Gasteiger partial charge on any atom is 0.384 e. The quantitative estimate of drug-likeness (QED) is 0.383. The average molecular weight is 288 g/mol. The largest absolute Gasteiger partial charge is 0.458 e. The van der Waals surface area contributed by atoms with E-state index in [1.165, 1.54) is 12.2 Å². The summed E-state index contributed by atoms with van der Waals surface area (Å²) < 4.78 is 9.55. The molecule has 1 aromatic carbocycles. The van der Waals surface area contributed by atoms with Crippen LogP contribution in [-0.4, -0.2) is 36.4 Å². The lowest BCUT2D eigenvalue weighted by atomic mass is 10.2. The topological polar surface area (TPSA) is 72.8 Å². The molecule has 1 unspecified atom stereocenters. The smallest absolute Gasteiger partial charge is 0.384 e. The molecule has 0 fully saturated rings. The number of carbonyl (C=O) groups is 2. The molecule has 0 aliphatic rings. The monoisotopic (exact) mass is 288 g/mol. The molecule has 0 heterocycles. The van der Waals surface area contributed by atoms with E-state index in [9.17, 15) is 14.7 Å². The Kier molecular flexibility index (Phi) is 7.33. The van der Waals surface area contributed by atoms with Crippen molar-refractivity contribution in [2.24, 2.45) is 0 Å². The van der Waals surface area contributed by atoms with E-state index in [1.807, 2.05) is 0 Å². The molecule has 0 bridgehead atoms. The van der Waals surface area contributed by atoms with Crippen LogP contribution in [0.25, 0.3) is 0 Å². The Morgan fingerprint density at radius 1 is 1.29 bits per heavy atom. The molecule has 0 aliphatic carbocycles. The third-order valence-electron chi connectivity index (χ3n) is 2.24. The second kappa shape index (κ2) is 9.34. The summed E-state index contributed by atoms with van der Waals surface area (Å²) in [5.74, 6) is 3.28. The van der Waals surface area contributed by atoms with Crippen molar-refractivity contribution in [1.82, 2.24) is 0 Å². The van der Waals surface area contributed by atoms with E-state index < -0.39 is 18.0 Å². The van der Waals surface area contributed by atoms with Gasteiger partial charge < -0.3 is 14.6 Å². The minimum absolute atomic E-state index is 0.00583. The van der Waals surface area contributed by atoms with Gasteiger partial charge >= 0.3 is 11.9 Å². The first-order valence-electron chi connectivity index (χ1n) is 6.38. The fourth-order valence-electron chi connectivity index (χ4n) is 1.31. The predicted octanol–water partition coefficient (Wildman–Crippen LogP) is 1.33. The van der Waals surface area contributed by atoms with Gasteiger partial charge in [-0.15, -0.1) is 0 Å². The van der Waals surface area contributed by atoms with E-state index in [1.54, 1.807) is 37.3 Å². The van der Waals surface area contributed by atoms with Crippen LogP contribution < -0.4 is 0 Å². The molecule has 0 saturated heterocycles. The van der Waals surface area contributed by atoms with Crippen molar-refractivity contribution in [3.8, 4) is 11.8 Å². The molecular weight excluding hydrogens is 272 g/mol. The minimum atomic E-state index is -1.12. The van der Waals surface area contributed by atoms with Crippen LogP contribution in [0.1, 0.15) is 17.3 Å². The van der Waals surface area contributed by atoms with Gasteiger partial charge in [0.05, 0.1) is 12.2 Å². The maximum absolute atomic E-state index is 11.6. The zero-order valence-electron chi connectivity index (χ0n) is 11.6. The van der Waals surface area contributed by atoms with Crippen LogP contribution in [0.15, 0.2) is 42.5 Å². The Bertz CT molecular complexity index is 551. The van der Waals surface area contributed by atoms with Gasteiger partial charge in [-0.2, -0.15) is 0 Å². The Morgan fingerprint density at radius 3 is 2.67 bits per heavy atom.